The first-order valence-electron chi connectivity index (χ1n) is 17.8. The summed E-state index contributed by atoms with van der Waals surface area (Å²) in [6.45, 7) is 0. The Kier molecular flexibility index (Phi) is 7.45. The van der Waals surface area contributed by atoms with Gasteiger partial charge in [0.05, 0.1) is 11.6 Å². The first-order chi connectivity index (χ1) is 26.7. The minimum Gasteiger partial charge on any atom is -0.252 e. The molecule has 5 nitrogen and oxygen atoms in total. The molecular weight excluding hydrogens is 659 g/mol. The number of rotatable bonds is 5. The third-order valence-corrected chi connectivity index (χ3v) is 10.4. The van der Waals surface area contributed by atoms with Gasteiger partial charge in [-0.25, -0.2) is 15.0 Å². The van der Waals surface area contributed by atoms with Crippen molar-refractivity contribution in [3.63, 3.8) is 0 Å². The molecule has 0 fully saturated rings. The molecule has 0 amide bonds. The first kappa shape index (κ1) is 31.2. The van der Waals surface area contributed by atoms with Crippen molar-refractivity contribution in [2.24, 2.45) is 0 Å². The van der Waals surface area contributed by atoms with Gasteiger partial charge >= 0.3 is 0 Å². The number of benzene rings is 8. The molecule has 10 aromatic rings. The van der Waals surface area contributed by atoms with Crippen molar-refractivity contribution in [2.75, 3.05) is 0 Å². The maximum atomic E-state index is 10.1. The van der Waals surface area contributed by atoms with Crippen LogP contribution in [0.2, 0.25) is 0 Å². The van der Waals surface area contributed by atoms with E-state index in [2.05, 4.69) is 166 Å². The molecule has 0 saturated carbocycles. The van der Waals surface area contributed by atoms with Crippen LogP contribution in [0.1, 0.15) is 5.56 Å². The second-order valence-electron chi connectivity index (χ2n) is 13.5. The third kappa shape index (κ3) is 5.42. The van der Waals surface area contributed by atoms with Crippen LogP contribution in [0.25, 0.3) is 99.1 Å². The maximum absolute atomic E-state index is 10.1. The fourth-order valence-electron chi connectivity index (χ4n) is 7.71. The summed E-state index contributed by atoms with van der Waals surface area (Å²) in [5.74, 6) is 0.549. The largest absolute Gasteiger partial charge is 0.252 e. The number of nitriles is 1. The molecule has 54 heavy (non-hydrogen) atoms. The number of nitrogens with zero attached hydrogens (tertiary/aromatic N) is 5. The molecule has 0 radical (unpaired) electrons. The van der Waals surface area contributed by atoms with Gasteiger partial charge in [-0.15, -0.1) is 0 Å². The van der Waals surface area contributed by atoms with Crippen molar-refractivity contribution >= 4 is 43.1 Å². The van der Waals surface area contributed by atoms with Crippen molar-refractivity contribution in [3.8, 4) is 62.1 Å². The normalized spacial score (nSPS) is 11.3. The topological polar surface area (TPSA) is 75.3 Å². The second kappa shape index (κ2) is 12.9. The summed E-state index contributed by atoms with van der Waals surface area (Å²) in [7, 11) is 0. The summed E-state index contributed by atoms with van der Waals surface area (Å²) in [6.07, 6.45) is 4.81. The Balaban J connectivity index is 1.17. The van der Waals surface area contributed by atoms with E-state index in [-0.39, 0.29) is 0 Å². The van der Waals surface area contributed by atoms with Crippen molar-refractivity contribution in [1.82, 2.24) is 19.9 Å². The van der Waals surface area contributed by atoms with Gasteiger partial charge in [0, 0.05) is 11.8 Å². The molecule has 0 saturated heterocycles. The summed E-state index contributed by atoms with van der Waals surface area (Å²) in [6, 6.07) is 58.3. The van der Waals surface area contributed by atoms with E-state index >= 15 is 0 Å². The van der Waals surface area contributed by atoms with E-state index in [0.717, 1.165) is 66.1 Å². The summed E-state index contributed by atoms with van der Waals surface area (Å²) in [5.41, 5.74) is 10.2. The standard InChI is InChI=1S/C49H29N5/c50-27-31-9-20-42-44(23-31)47(39-16-14-32-5-1-3-7-36(32)24-39)43-21-18-38(26-45(43)48(42)40-17-15-33-6-2-4-8-37(33)25-40)34-10-12-35(13-11-34)41-19-22-46(52-28-41)49-53-29-51-30-54-49/h1-26,28-30H. The van der Waals surface area contributed by atoms with Gasteiger partial charge in [-0.05, 0) is 118 Å². The van der Waals surface area contributed by atoms with Crippen molar-refractivity contribution in [1.29, 1.82) is 5.26 Å². The van der Waals surface area contributed by atoms with Crippen LogP contribution in [0.5, 0.6) is 0 Å². The van der Waals surface area contributed by atoms with Gasteiger partial charge in [-0.2, -0.15) is 5.26 Å². The molecule has 2 heterocycles. The van der Waals surface area contributed by atoms with E-state index in [1.807, 2.05) is 24.4 Å². The van der Waals surface area contributed by atoms with Gasteiger partial charge in [0.15, 0.2) is 5.82 Å². The third-order valence-electron chi connectivity index (χ3n) is 10.4. The van der Waals surface area contributed by atoms with Crippen LogP contribution >= 0.6 is 0 Å². The molecule has 0 unspecified atom stereocenters. The van der Waals surface area contributed by atoms with E-state index in [0.29, 0.717) is 17.1 Å². The van der Waals surface area contributed by atoms with Crippen LogP contribution in [-0.2, 0) is 0 Å². The maximum Gasteiger partial charge on any atom is 0.181 e. The van der Waals surface area contributed by atoms with Crippen LogP contribution in [0, 0.1) is 11.3 Å². The highest BCUT2D eigenvalue weighted by Crippen LogP contribution is 2.46. The predicted molar refractivity (Wildman–Crippen MR) is 220 cm³/mol. The van der Waals surface area contributed by atoms with Crippen LogP contribution in [0.3, 0.4) is 0 Å². The Bertz CT molecular complexity index is 3090. The fraction of sp³-hybridized carbons (Fsp3) is 0. The second-order valence-corrected chi connectivity index (χ2v) is 13.5. The lowest BCUT2D eigenvalue weighted by Crippen LogP contribution is -1.93. The molecular formula is C49H29N5. The van der Waals surface area contributed by atoms with E-state index in [9.17, 15) is 5.26 Å². The molecule has 0 aliphatic heterocycles. The van der Waals surface area contributed by atoms with Crippen LogP contribution in [-0.4, -0.2) is 19.9 Å². The zero-order valence-corrected chi connectivity index (χ0v) is 29.0. The summed E-state index contributed by atoms with van der Waals surface area (Å²) in [5, 5.41) is 19.3. The molecule has 0 atom stereocenters. The lowest BCUT2D eigenvalue weighted by molar-refractivity contribution is 1.04. The lowest BCUT2D eigenvalue weighted by Gasteiger charge is -2.19. The van der Waals surface area contributed by atoms with Gasteiger partial charge in [0.1, 0.15) is 18.3 Å². The van der Waals surface area contributed by atoms with Crippen LogP contribution < -0.4 is 0 Å². The Morgan fingerprint density at radius 2 is 0.907 bits per heavy atom. The quantitative estimate of drug-likeness (QED) is 0.168. The number of pyridine rings is 1. The molecule has 10 rings (SSSR count). The van der Waals surface area contributed by atoms with Crippen molar-refractivity contribution in [3.05, 3.63) is 182 Å². The highest BCUT2D eigenvalue weighted by atomic mass is 15.0. The SMILES string of the molecule is N#Cc1ccc2c(-c3ccc4ccccc4c3)c3cc(-c4ccc(-c5ccc(-c6ncncn6)nc5)cc4)ccc3c(-c3ccc4ccccc4c3)c2c1. The molecule has 0 bridgehead atoms. The summed E-state index contributed by atoms with van der Waals surface area (Å²) in [4.78, 5) is 17.0. The molecule has 0 N–H and O–H groups in total. The summed E-state index contributed by atoms with van der Waals surface area (Å²) >= 11 is 0. The predicted octanol–water partition coefficient (Wildman–Crippen LogP) is 12.1. The smallest absolute Gasteiger partial charge is 0.181 e. The zero-order chi connectivity index (χ0) is 36.0. The minimum atomic E-state index is 0.549. The lowest BCUT2D eigenvalue weighted by atomic mass is 9.83. The molecule has 5 heteroatoms. The number of fused-ring (bicyclic) bond motifs is 4. The Labute approximate surface area is 311 Å². The van der Waals surface area contributed by atoms with E-state index in [4.69, 9.17) is 0 Å². The van der Waals surface area contributed by atoms with Crippen molar-refractivity contribution in [2.45, 2.75) is 0 Å². The Hall–Kier alpha value is -7.55. The number of hydrogen-bond donors (Lipinski definition) is 0. The van der Waals surface area contributed by atoms with Gasteiger partial charge in [0.2, 0.25) is 0 Å². The average Bonchev–Trinajstić information content (AvgIpc) is 3.25. The van der Waals surface area contributed by atoms with Gasteiger partial charge in [-0.3, -0.25) is 4.98 Å². The Morgan fingerprint density at radius 1 is 0.389 bits per heavy atom. The monoisotopic (exact) mass is 687 g/mol. The minimum absolute atomic E-state index is 0.549. The summed E-state index contributed by atoms with van der Waals surface area (Å²) < 4.78 is 0. The molecule has 0 spiro atoms. The highest BCUT2D eigenvalue weighted by molar-refractivity contribution is 6.22. The molecule has 8 aromatic carbocycles. The van der Waals surface area contributed by atoms with E-state index in [1.165, 1.54) is 34.2 Å². The van der Waals surface area contributed by atoms with Gasteiger partial charge < -0.3 is 0 Å². The number of aromatic nitrogens is 4. The zero-order valence-electron chi connectivity index (χ0n) is 29.0. The molecule has 0 aliphatic rings. The first-order valence-corrected chi connectivity index (χ1v) is 17.8. The van der Waals surface area contributed by atoms with Gasteiger partial charge in [0.25, 0.3) is 0 Å². The number of hydrogen-bond acceptors (Lipinski definition) is 5. The van der Waals surface area contributed by atoms with Crippen LogP contribution in [0.4, 0.5) is 0 Å². The fourth-order valence-corrected chi connectivity index (χ4v) is 7.71. The molecule has 2 aromatic heterocycles. The molecule has 0 aliphatic carbocycles. The molecule has 250 valence electrons. The van der Waals surface area contributed by atoms with Crippen LogP contribution in [0.15, 0.2) is 177 Å². The van der Waals surface area contributed by atoms with Crippen molar-refractivity contribution < 1.29 is 0 Å². The highest BCUT2D eigenvalue weighted by Gasteiger charge is 2.19. The van der Waals surface area contributed by atoms with E-state index < -0.39 is 0 Å². The van der Waals surface area contributed by atoms with Gasteiger partial charge in [-0.1, -0.05) is 121 Å². The van der Waals surface area contributed by atoms with E-state index in [1.54, 1.807) is 0 Å². The average molecular weight is 688 g/mol. The Morgan fingerprint density at radius 3 is 1.50 bits per heavy atom.